The molecule has 1 saturated heterocycles. The van der Waals surface area contributed by atoms with E-state index in [2.05, 4.69) is 28.3 Å². The van der Waals surface area contributed by atoms with Crippen molar-refractivity contribution in [3.05, 3.63) is 51.9 Å². The monoisotopic (exact) mass is 298 g/mol. The van der Waals surface area contributed by atoms with E-state index in [9.17, 15) is 4.79 Å². The van der Waals surface area contributed by atoms with Gasteiger partial charge in [-0.2, -0.15) is 9.78 Å². The Kier molecular flexibility index (Phi) is 4.24. The van der Waals surface area contributed by atoms with Gasteiger partial charge in [-0.3, -0.25) is 4.79 Å². The zero-order valence-corrected chi connectivity index (χ0v) is 13.2. The molecule has 1 aromatic carbocycles. The summed E-state index contributed by atoms with van der Waals surface area (Å²) >= 11 is 0. The number of anilines is 1. The Labute approximate surface area is 130 Å². The lowest BCUT2D eigenvalue weighted by Gasteiger charge is -2.30. The molecule has 0 spiro atoms. The smallest absolute Gasteiger partial charge is 0.276 e. The lowest BCUT2D eigenvalue weighted by molar-refractivity contribution is 0.585. The van der Waals surface area contributed by atoms with E-state index in [1.807, 2.05) is 31.3 Å². The molecule has 0 radical (unpaired) electrons. The zero-order chi connectivity index (χ0) is 15.5. The van der Waals surface area contributed by atoms with Crippen LogP contribution < -0.4 is 15.8 Å². The van der Waals surface area contributed by atoms with Crippen molar-refractivity contribution in [3.63, 3.8) is 0 Å². The summed E-state index contributed by atoms with van der Waals surface area (Å²) in [6, 6.07) is 7.99. The number of nitrogens with zero attached hydrogens (tertiary/aromatic N) is 3. The molecular weight excluding hydrogens is 276 g/mol. The molecule has 22 heavy (non-hydrogen) atoms. The third-order valence-electron chi connectivity index (χ3n) is 4.21. The van der Waals surface area contributed by atoms with Crippen LogP contribution in [0.25, 0.3) is 5.69 Å². The van der Waals surface area contributed by atoms with Crippen molar-refractivity contribution in [2.75, 3.05) is 31.1 Å². The normalized spacial score (nSPS) is 15.1. The van der Waals surface area contributed by atoms with E-state index in [-0.39, 0.29) is 5.56 Å². The van der Waals surface area contributed by atoms with Crippen LogP contribution in [0.2, 0.25) is 0 Å². The van der Waals surface area contributed by atoms with Crippen molar-refractivity contribution in [3.8, 4) is 5.69 Å². The number of piperazine rings is 1. The van der Waals surface area contributed by atoms with Crippen LogP contribution in [0.3, 0.4) is 0 Å². The summed E-state index contributed by atoms with van der Waals surface area (Å²) in [5.74, 6) is 0. The quantitative estimate of drug-likeness (QED) is 0.933. The summed E-state index contributed by atoms with van der Waals surface area (Å²) in [5.41, 5.74) is 3.71. The molecule has 5 nitrogen and oxygen atoms in total. The number of rotatable bonds is 3. The lowest BCUT2D eigenvalue weighted by atomic mass is 10.1. The number of hydrogen-bond acceptors (Lipinski definition) is 4. The van der Waals surface area contributed by atoms with E-state index in [1.165, 1.54) is 10.2 Å². The molecule has 1 aromatic heterocycles. The molecule has 1 fully saturated rings. The Balaban J connectivity index is 2.00. The van der Waals surface area contributed by atoms with Crippen LogP contribution in [0.15, 0.2) is 35.3 Å². The molecule has 2 heterocycles. The first kappa shape index (κ1) is 14.8. The highest BCUT2D eigenvalue weighted by atomic mass is 16.1. The minimum atomic E-state index is -0.0377. The highest BCUT2D eigenvalue weighted by Crippen LogP contribution is 2.17. The van der Waals surface area contributed by atoms with Gasteiger partial charge in [0.2, 0.25) is 0 Å². The third-order valence-corrected chi connectivity index (χ3v) is 4.21. The zero-order valence-electron chi connectivity index (χ0n) is 13.2. The molecular formula is C17H22N4O. The van der Waals surface area contributed by atoms with Crippen LogP contribution in [0.5, 0.6) is 0 Å². The molecule has 1 N–H and O–H groups in total. The number of benzene rings is 1. The first-order valence-electron chi connectivity index (χ1n) is 7.84. The summed E-state index contributed by atoms with van der Waals surface area (Å²) in [5, 5.41) is 7.73. The van der Waals surface area contributed by atoms with Crippen LogP contribution in [0.1, 0.15) is 18.1 Å². The standard InChI is InChI=1S/C17H22N4O/c1-3-14-5-4-6-15(11-14)21-17(22)13(2)16(12-19-21)20-9-7-18-8-10-20/h4-6,11-12,18H,3,7-10H2,1-2H3. The lowest BCUT2D eigenvalue weighted by Crippen LogP contribution is -2.44. The predicted molar refractivity (Wildman–Crippen MR) is 89.0 cm³/mol. The highest BCUT2D eigenvalue weighted by Gasteiger charge is 2.16. The molecule has 1 aliphatic rings. The Morgan fingerprint density at radius 3 is 2.77 bits per heavy atom. The van der Waals surface area contributed by atoms with Crippen LogP contribution in [0, 0.1) is 6.92 Å². The summed E-state index contributed by atoms with van der Waals surface area (Å²) < 4.78 is 1.50. The summed E-state index contributed by atoms with van der Waals surface area (Å²) in [7, 11) is 0. The van der Waals surface area contributed by atoms with Crippen LogP contribution >= 0.6 is 0 Å². The third kappa shape index (κ3) is 2.76. The molecule has 2 aromatic rings. The fourth-order valence-electron chi connectivity index (χ4n) is 2.85. The molecule has 0 unspecified atom stereocenters. The van der Waals surface area contributed by atoms with E-state index in [0.29, 0.717) is 0 Å². The van der Waals surface area contributed by atoms with Crippen LogP contribution in [-0.4, -0.2) is 36.0 Å². The van der Waals surface area contributed by atoms with Gasteiger partial charge in [0.15, 0.2) is 0 Å². The fourth-order valence-corrected chi connectivity index (χ4v) is 2.85. The molecule has 1 aliphatic heterocycles. The molecule has 116 valence electrons. The second-order valence-electron chi connectivity index (χ2n) is 5.63. The van der Waals surface area contributed by atoms with E-state index in [4.69, 9.17) is 0 Å². The minimum absolute atomic E-state index is 0.0377. The van der Waals surface area contributed by atoms with Crippen LogP contribution in [-0.2, 0) is 6.42 Å². The number of hydrogen-bond donors (Lipinski definition) is 1. The average Bonchev–Trinajstić information content (AvgIpc) is 2.58. The molecule has 5 heteroatoms. The molecule has 0 amide bonds. The second kappa shape index (κ2) is 6.32. The van der Waals surface area contributed by atoms with Gasteiger partial charge >= 0.3 is 0 Å². The minimum Gasteiger partial charge on any atom is -0.367 e. The molecule has 0 aliphatic carbocycles. The first-order valence-corrected chi connectivity index (χ1v) is 7.84. The number of aryl methyl sites for hydroxylation is 1. The topological polar surface area (TPSA) is 50.2 Å². The largest absolute Gasteiger partial charge is 0.367 e. The Bertz CT molecular complexity index is 717. The Morgan fingerprint density at radius 2 is 2.05 bits per heavy atom. The molecule has 0 atom stereocenters. The van der Waals surface area contributed by atoms with Crippen molar-refractivity contribution >= 4 is 5.69 Å². The molecule has 3 rings (SSSR count). The van der Waals surface area contributed by atoms with Gasteiger partial charge in [0.25, 0.3) is 5.56 Å². The SMILES string of the molecule is CCc1cccc(-n2ncc(N3CCNCC3)c(C)c2=O)c1. The van der Waals surface area contributed by atoms with Gasteiger partial charge in [-0.1, -0.05) is 19.1 Å². The summed E-state index contributed by atoms with van der Waals surface area (Å²) in [4.78, 5) is 14.9. The summed E-state index contributed by atoms with van der Waals surface area (Å²) in [6.07, 6.45) is 2.76. The maximum absolute atomic E-state index is 12.7. The van der Waals surface area contributed by atoms with E-state index >= 15 is 0 Å². The van der Waals surface area contributed by atoms with E-state index < -0.39 is 0 Å². The van der Waals surface area contributed by atoms with Gasteiger partial charge in [-0.25, -0.2) is 0 Å². The Hall–Kier alpha value is -2.14. The van der Waals surface area contributed by atoms with Crippen molar-refractivity contribution in [1.82, 2.24) is 15.1 Å². The van der Waals surface area contributed by atoms with Gasteiger partial charge in [0, 0.05) is 31.7 Å². The maximum atomic E-state index is 12.7. The molecule has 0 bridgehead atoms. The maximum Gasteiger partial charge on any atom is 0.276 e. The second-order valence-corrected chi connectivity index (χ2v) is 5.63. The van der Waals surface area contributed by atoms with E-state index in [0.717, 1.165) is 49.5 Å². The average molecular weight is 298 g/mol. The Morgan fingerprint density at radius 1 is 1.27 bits per heavy atom. The number of nitrogens with one attached hydrogen (secondary N) is 1. The van der Waals surface area contributed by atoms with Gasteiger partial charge in [0.1, 0.15) is 0 Å². The predicted octanol–water partition coefficient (Wildman–Crippen LogP) is 1.51. The van der Waals surface area contributed by atoms with E-state index in [1.54, 1.807) is 0 Å². The van der Waals surface area contributed by atoms with Crippen molar-refractivity contribution in [1.29, 1.82) is 0 Å². The fraction of sp³-hybridized carbons (Fsp3) is 0.412. The van der Waals surface area contributed by atoms with Crippen molar-refractivity contribution in [2.45, 2.75) is 20.3 Å². The van der Waals surface area contributed by atoms with Crippen molar-refractivity contribution < 1.29 is 0 Å². The van der Waals surface area contributed by atoms with Crippen molar-refractivity contribution in [2.24, 2.45) is 0 Å². The number of aromatic nitrogens is 2. The van der Waals surface area contributed by atoms with Gasteiger partial charge in [-0.15, -0.1) is 0 Å². The highest BCUT2D eigenvalue weighted by molar-refractivity contribution is 5.51. The first-order chi connectivity index (χ1) is 10.7. The van der Waals surface area contributed by atoms with Crippen LogP contribution in [0.4, 0.5) is 5.69 Å². The van der Waals surface area contributed by atoms with Gasteiger partial charge in [0.05, 0.1) is 17.6 Å². The molecule has 0 saturated carbocycles. The van der Waals surface area contributed by atoms with Gasteiger partial charge < -0.3 is 10.2 Å². The van der Waals surface area contributed by atoms with Gasteiger partial charge in [-0.05, 0) is 31.0 Å². The summed E-state index contributed by atoms with van der Waals surface area (Å²) in [6.45, 7) is 7.71.